The summed E-state index contributed by atoms with van der Waals surface area (Å²) in [6, 6.07) is 3.33. The van der Waals surface area contributed by atoms with Crippen LogP contribution in [0.5, 0.6) is 5.75 Å². The van der Waals surface area contributed by atoms with Crippen molar-refractivity contribution in [2.24, 2.45) is 0 Å². The summed E-state index contributed by atoms with van der Waals surface area (Å²) in [5.41, 5.74) is 0.839. The number of hydrogen-bond acceptors (Lipinski definition) is 2. The third-order valence-corrected chi connectivity index (χ3v) is 2.52. The molecule has 0 saturated heterocycles. The van der Waals surface area contributed by atoms with Crippen molar-refractivity contribution < 1.29 is 9.13 Å². The van der Waals surface area contributed by atoms with Gasteiger partial charge < -0.3 is 10.1 Å². The van der Waals surface area contributed by atoms with E-state index in [0.717, 1.165) is 5.56 Å². The molecule has 0 bridgehead atoms. The van der Waals surface area contributed by atoms with Crippen LogP contribution in [0.15, 0.2) is 18.3 Å². The van der Waals surface area contributed by atoms with Crippen molar-refractivity contribution in [2.75, 3.05) is 7.11 Å². The third kappa shape index (κ3) is 1.34. The fraction of sp³-hybridized carbons (Fsp3) is 0.200. The number of alkyl halides is 1. The van der Waals surface area contributed by atoms with E-state index in [9.17, 15) is 4.39 Å². The highest BCUT2D eigenvalue weighted by Crippen LogP contribution is 2.32. The highest BCUT2D eigenvalue weighted by molar-refractivity contribution is 6.21. The van der Waals surface area contributed by atoms with Gasteiger partial charge in [-0.15, -0.1) is 0 Å². The second kappa shape index (κ2) is 3.50. The molecule has 1 aliphatic heterocycles. The van der Waals surface area contributed by atoms with Crippen LogP contribution in [0.2, 0.25) is 0 Å². The molecule has 14 heavy (non-hydrogen) atoms. The van der Waals surface area contributed by atoms with Crippen molar-refractivity contribution in [1.82, 2.24) is 5.32 Å². The summed E-state index contributed by atoms with van der Waals surface area (Å²) < 4.78 is 18.5. The maximum absolute atomic E-state index is 13.7. The molecule has 4 heteroatoms. The highest BCUT2D eigenvalue weighted by atomic mass is 35.5. The molecule has 2 nitrogen and oxygen atoms in total. The summed E-state index contributed by atoms with van der Waals surface area (Å²) in [7, 11) is 1.44. The SMILES string of the molecule is COc1ccc2c(c1F)C=CNC2Cl. The van der Waals surface area contributed by atoms with E-state index in [2.05, 4.69) is 5.32 Å². The van der Waals surface area contributed by atoms with Crippen LogP contribution in [-0.2, 0) is 0 Å². The van der Waals surface area contributed by atoms with Gasteiger partial charge in [0.05, 0.1) is 7.11 Å². The molecule has 1 aliphatic rings. The van der Waals surface area contributed by atoms with E-state index in [1.165, 1.54) is 7.11 Å². The quantitative estimate of drug-likeness (QED) is 0.572. The minimum atomic E-state index is -0.379. The van der Waals surface area contributed by atoms with Crippen LogP contribution in [-0.4, -0.2) is 7.11 Å². The number of ether oxygens (including phenoxy) is 1. The number of nitrogens with one attached hydrogen (secondary N) is 1. The fourth-order valence-corrected chi connectivity index (χ4v) is 1.70. The summed E-state index contributed by atoms with van der Waals surface area (Å²) in [4.78, 5) is 0. The zero-order chi connectivity index (χ0) is 10.1. The lowest BCUT2D eigenvalue weighted by molar-refractivity contribution is 0.385. The van der Waals surface area contributed by atoms with Gasteiger partial charge in [-0.25, -0.2) is 4.39 Å². The Labute approximate surface area is 86.3 Å². The average Bonchev–Trinajstić information content (AvgIpc) is 2.20. The zero-order valence-electron chi connectivity index (χ0n) is 7.55. The van der Waals surface area contributed by atoms with Gasteiger partial charge in [-0.3, -0.25) is 0 Å². The fourth-order valence-electron chi connectivity index (χ4n) is 1.44. The molecule has 2 rings (SSSR count). The summed E-state index contributed by atoms with van der Waals surface area (Å²) in [6.45, 7) is 0. The molecular weight excluding hydrogens is 205 g/mol. The number of hydrogen-bond donors (Lipinski definition) is 1. The lowest BCUT2D eigenvalue weighted by Crippen LogP contribution is -2.15. The smallest absolute Gasteiger partial charge is 0.172 e. The van der Waals surface area contributed by atoms with Gasteiger partial charge in [-0.2, -0.15) is 0 Å². The van der Waals surface area contributed by atoms with Gasteiger partial charge in [-0.1, -0.05) is 17.7 Å². The molecular formula is C10H9ClFNO. The summed E-state index contributed by atoms with van der Waals surface area (Å²) in [6.07, 6.45) is 3.27. The largest absolute Gasteiger partial charge is 0.494 e. The number of benzene rings is 1. The van der Waals surface area contributed by atoms with Crippen LogP contribution in [0, 0.1) is 5.82 Å². The van der Waals surface area contributed by atoms with Crippen LogP contribution >= 0.6 is 11.6 Å². The number of rotatable bonds is 1. The average molecular weight is 214 g/mol. The maximum Gasteiger partial charge on any atom is 0.172 e. The highest BCUT2D eigenvalue weighted by Gasteiger charge is 2.19. The van der Waals surface area contributed by atoms with Crippen molar-refractivity contribution in [3.05, 3.63) is 35.3 Å². The second-order valence-corrected chi connectivity index (χ2v) is 3.38. The first-order valence-electron chi connectivity index (χ1n) is 4.17. The Morgan fingerprint density at radius 2 is 2.29 bits per heavy atom. The number of methoxy groups -OCH3 is 1. The van der Waals surface area contributed by atoms with Gasteiger partial charge in [0.25, 0.3) is 0 Å². The van der Waals surface area contributed by atoms with E-state index < -0.39 is 0 Å². The molecule has 0 amide bonds. The molecule has 1 aromatic carbocycles. The molecule has 0 spiro atoms. The summed E-state index contributed by atoms with van der Waals surface area (Å²) >= 11 is 5.94. The van der Waals surface area contributed by atoms with Crippen molar-refractivity contribution >= 4 is 17.7 Å². The van der Waals surface area contributed by atoms with Crippen LogP contribution < -0.4 is 10.1 Å². The van der Waals surface area contributed by atoms with Gasteiger partial charge in [0.2, 0.25) is 0 Å². The molecule has 0 aromatic heterocycles. The van der Waals surface area contributed by atoms with E-state index in [1.807, 2.05) is 0 Å². The van der Waals surface area contributed by atoms with E-state index in [4.69, 9.17) is 16.3 Å². The minimum absolute atomic E-state index is 0.235. The first-order chi connectivity index (χ1) is 6.74. The maximum atomic E-state index is 13.7. The molecule has 1 atom stereocenters. The summed E-state index contributed by atoms with van der Waals surface area (Å²) in [5.74, 6) is -0.132. The Balaban J connectivity index is 2.59. The Morgan fingerprint density at radius 3 is 3.00 bits per heavy atom. The third-order valence-electron chi connectivity index (χ3n) is 2.16. The predicted molar refractivity (Wildman–Crippen MR) is 53.7 cm³/mol. The topological polar surface area (TPSA) is 21.3 Å². The van der Waals surface area contributed by atoms with Crippen LogP contribution in [0.1, 0.15) is 16.6 Å². The Kier molecular flexibility index (Phi) is 2.33. The summed E-state index contributed by atoms with van der Waals surface area (Å²) in [5, 5.41) is 2.88. The van der Waals surface area contributed by atoms with E-state index in [1.54, 1.807) is 24.4 Å². The second-order valence-electron chi connectivity index (χ2n) is 2.95. The molecule has 74 valence electrons. The Morgan fingerprint density at radius 1 is 1.50 bits per heavy atom. The number of halogens is 2. The van der Waals surface area contributed by atoms with E-state index in [-0.39, 0.29) is 17.1 Å². The van der Waals surface area contributed by atoms with Gasteiger partial charge in [0.15, 0.2) is 11.6 Å². The zero-order valence-corrected chi connectivity index (χ0v) is 8.31. The van der Waals surface area contributed by atoms with Crippen molar-refractivity contribution in [2.45, 2.75) is 5.50 Å². The van der Waals surface area contributed by atoms with Crippen LogP contribution in [0.25, 0.3) is 6.08 Å². The Bertz CT molecular complexity index is 392. The van der Waals surface area contributed by atoms with Crippen molar-refractivity contribution in [1.29, 1.82) is 0 Å². The lowest BCUT2D eigenvalue weighted by atomic mass is 10.0. The van der Waals surface area contributed by atoms with E-state index >= 15 is 0 Å². The first-order valence-corrected chi connectivity index (χ1v) is 4.60. The van der Waals surface area contributed by atoms with Gasteiger partial charge in [-0.05, 0) is 23.9 Å². The molecule has 1 N–H and O–H groups in total. The first kappa shape index (κ1) is 9.34. The molecule has 1 unspecified atom stereocenters. The van der Waals surface area contributed by atoms with Crippen LogP contribution in [0.3, 0.4) is 0 Å². The molecule has 0 fully saturated rings. The monoisotopic (exact) mass is 213 g/mol. The van der Waals surface area contributed by atoms with Crippen LogP contribution in [0.4, 0.5) is 4.39 Å². The predicted octanol–water partition coefficient (Wildman–Crippen LogP) is 2.65. The van der Waals surface area contributed by atoms with Gasteiger partial charge in [0, 0.05) is 5.56 Å². The molecule has 1 aromatic rings. The normalized spacial score (nSPS) is 18.6. The van der Waals surface area contributed by atoms with E-state index in [0.29, 0.717) is 5.56 Å². The van der Waals surface area contributed by atoms with Crippen molar-refractivity contribution in [3.8, 4) is 5.75 Å². The minimum Gasteiger partial charge on any atom is -0.494 e. The van der Waals surface area contributed by atoms with Gasteiger partial charge >= 0.3 is 0 Å². The van der Waals surface area contributed by atoms with Crippen molar-refractivity contribution in [3.63, 3.8) is 0 Å². The van der Waals surface area contributed by atoms with Gasteiger partial charge in [0.1, 0.15) is 5.50 Å². The molecule has 0 aliphatic carbocycles. The lowest BCUT2D eigenvalue weighted by Gasteiger charge is -2.19. The molecule has 0 radical (unpaired) electrons. The Hall–Kier alpha value is -1.22. The standard InChI is InChI=1S/C10H9ClFNO/c1-14-8-3-2-7-6(9(8)12)4-5-13-10(7)11/h2-5,10,13H,1H3. The molecule has 0 saturated carbocycles. The molecule has 1 heterocycles. The number of fused-ring (bicyclic) bond motifs is 1.